The van der Waals surface area contributed by atoms with Crippen molar-refractivity contribution >= 4 is 59.3 Å². The fourth-order valence-electron chi connectivity index (χ4n) is 7.84. The number of hydrogen-bond acceptors (Lipinski definition) is 2. The largest absolute Gasteiger partial charge is 0.310 e. The van der Waals surface area contributed by atoms with Crippen LogP contribution in [0.25, 0.3) is 75.5 Å². The lowest BCUT2D eigenvalue weighted by Gasteiger charge is -2.28. The number of benzene rings is 9. The number of hydrogen-bond donors (Lipinski definition) is 0. The van der Waals surface area contributed by atoms with Gasteiger partial charge in [0, 0.05) is 42.7 Å². The molecule has 0 saturated carbocycles. The minimum Gasteiger partial charge on any atom is -0.310 e. The van der Waals surface area contributed by atoms with Gasteiger partial charge >= 0.3 is 0 Å². The number of rotatable bonds is 7. The van der Waals surface area contributed by atoms with Crippen molar-refractivity contribution in [2.24, 2.45) is 0 Å². The van der Waals surface area contributed by atoms with Crippen LogP contribution in [-0.4, -0.2) is 0 Å². The lowest BCUT2D eigenvalue weighted by Crippen LogP contribution is -2.11. The molecule has 0 aliphatic carbocycles. The van der Waals surface area contributed by atoms with E-state index in [1.807, 2.05) is 11.3 Å². The summed E-state index contributed by atoms with van der Waals surface area (Å²) >= 11 is 1.88. The molecule has 0 N–H and O–H groups in total. The maximum atomic E-state index is 2.41. The van der Waals surface area contributed by atoms with E-state index in [1.165, 1.54) is 75.5 Å². The van der Waals surface area contributed by atoms with E-state index in [0.717, 1.165) is 17.1 Å². The Labute approximate surface area is 319 Å². The Morgan fingerprint density at radius 3 is 1.52 bits per heavy atom. The van der Waals surface area contributed by atoms with Crippen molar-refractivity contribution in [3.63, 3.8) is 0 Å². The minimum absolute atomic E-state index is 1.11. The zero-order chi connectivity index (χ0) is 35.8. The van der Waals surface area contributed by atoms with Crippen molar-refractivity contribution < 1.29 is 0 Å². The molecule has 0 aliphatic rings. The zero-order valence-corrected chi connectivity index (χ0v) is 30.4. The van der Waals surface area contributed by atoms with Gasteiger partial charge in [-0.3, -0.25) is 0 Å². The third-order valence-corrected chi connectivity index (χ3v) is 11.7. The monoisotopic (exact) mass is 705 g/mol. The molecule has 10 rings (SSSR count). The Kier molecular flexibility index (Phi) is 8.09. The Morgan fingerprint density at radius 1 is 0.296 bits per heavy atom. The molecule has 0 bridgehead atoms. The van der Waals surface area contributed by atoms with E-state index in [4.69, 9.17) is 0 Å². The Hall–Kier alpha value is -6.74. The molecule has 10 aromatic rings. The molecule has 0 saturated heterocycles. The zero-order valence-electron chi connectivity index (χ0n) is 29.6. The summed E-state index contributed by atoms with van der Waals surface area (Å²) in [5.74, 6) is 0. The van der Waals surface area contributed by atoms with Gasteiger partial charge in [-0.1, -0.05) is 176 Å². The molecular weight excluding hydrogens is 671 g/mol. The molecule has 0 fully saturated rings. The highest BCUT2D eigenvalue weighted by Crippen LogP contribution is 2.46. The average Bonchev–Trinajstić information content (AvgIpc) is 3.64. The summed E-state index contributed by atoms with van der Waals surface area (Å²) in [6.07, 6.45) is 0. The van der Waals surface area contributed by atoms with Crippen LogP contribution in [0.3, 0.4) is 0 Å². The number of anilines is 3. The van der Waals surface area contributed by atoms with Gasteiger partial charge in [-0.05, 0) is 80.6 Å². The maximum Gasteiger partial charge on any atom is 0.0540 e. The average molecular weight is 706 g/mol. The quantitative estimate of drug-likeness (QED) is 0.160. The van der Waals surface area contributed by atoms with Crippen LogP contribution in [0.4, 0.5) is 17.1 Å². The summed E-state index contributed by atoms with van der Waals surface area (Å²) in [4.78, 5) is 2.41. The second-order valence-electron chi connectivity index (χ2n) is 13.7. The van der Waals surface area contributed by atoms with Crippen molar-refractivity contribution in [1.29, 1.82) is 0 Å². The third kappa shape index (κ3) is 5.74. The van der Waals surface area contributed by atoms with Crippen LogP contribution in [0, 0.1) is 0 Å². The highest BCUT2D eigenvalue weighted by atomic mass is 32.1. The second-order valence-corrected chi connectivity index (χ2v) is 14.7. The molecule has 0 radical (unpaired) electrons. The summed E-state index contributed by atoms with van der Waals surface area (Å²) in [6, 6.07) is 77.1. The normalized spacial score (nSPS) is 11.3. The number of para-hydroxylation sites is 1. The smallest absolute Gasteiger partial charge is 0.0540 e. The van der Waals surface area contributed by atoms with Gasteiger partial charge in [0.2, 0.25) is 0 Å². The molecule has 0 aliphatic heterocycles. The van der Waals surface area contributed by atoms with Gasteiger partial charge in [-0.25, -0.2) is 0 Å². The van der Waals surface area contributed by atoms with Gasteiger partial charge < -0.3 is 4.90 Å². The molecule has 0 spiro atoms. The van der Waals surface area contributed by atoms with E-state index in [1.54, 1.807) is 0 Å². The molecule has 9 aromatic carbocycles. The van der Waals surface area contributed by atoms with Crippen LogP contribution in [-0.2, 0) is 0 Å². The van der Waals surface area contributed by atoms with E-state index in [0.29, 0.717) is 0 Å². The predicted octanol–water partition coefficient (Wildman–Crippen LogP) is 15.3. The van der Waals surface area contributed by atoms with Crippen LogP contribution in [0.1, 0.15) is 0 Å². The van der Waals surface area contributed by atoms with Gasteiger partial charge in [0.25, 0.3) is 0 Å². The summed E-state index contributed by atoms with van der Waals surface area (Å²) < 4.78 is 2.62. The third-order valence-electron chi connectivity index (χ3n) is 10.5. The van der Waals surface area contributed by atoms with E-state index >= 15 is 0 Å². The molecule has 0 atom stereocenters. The van der Waals surface area contributed by atoms with Crippen molar-refractivity contribution in [2.75, 3.05) is 4.90 Å². The molecule has 1 nitrogen and oxygen atoms in total. The van der Waals surface area contributed by atoms with Crippen LogP contribution in [0.15, 0.2) is 212 Å². The van der Waals surface area contributed by atoms with Gasteiger partial charge in [-0.2, -0.15) is 0 Å². The molecule has 1 aromatic heterocycles. The standard InChI is InChI=1S/C52H35NS/c1-2-12-36(13-3-1)37-24-26-38(27-25-37)39-28-32-42(33-29-39)53(43-34-30-41(31-35-43)45-19-10-15-40-14-4-5-16-44(40)45)50-22-8-6-17-46(50)48-20-11-21-49-47-18-7-9-23-51(47)54-52(48)49/h1-35H. The summed E-state index contributed by atoms with van der Waals surface area (Å²) in [5.41, 5.74) is 13.1. The first-order valence-corrected chi connectivity index (χ1v) is 19.2. The van der Waals surface area contributed by atoms with Crippen LogP contribution < -0.4 is 4.90 Å². The highest BCUT2D eigenvalue weighted by molar-refractivity contribution is 7.26. The number of thiophene rings is 1. The van der Waals surface area contributed by atoms with Crippen molar-refractivity contribution in [3.05, 3.63) is 212 Å². The summed E-state index contributed by atoms with van der Waals surface area (Å²) in [6.45, 7) is 0. The summed E-state index contributed by atoms with van der Waals surface area (Å²) in [7, 11) is 0. The van der Waals surface area contributed by atoms with E-state index in [9.17, 15) is 0 Å². The highest BCUT2D eigenvalue weighted by Gasteiger charge is 2.20. The molecule has 1 heterocycles. The lowest BCUT2D eigenvalue weighted by molar-refractivity contribution is 1.28. The molecule has 2 heteroatoms. The van der Waals surface area contributed by atoms with Gasteiger partial charge in [0.15, 0.2) is 0 Å². The lowest BCUT2D eigenvalue weighted by atomic mass is 9.97. The SMILES string of the molecule is c1ccc(-c2ccc(-c3ccc(N(c4ccc(-c5cccc6ccccc56)cc4)c4ccccc4-c4cccc5c4sc4ccccc45)cc3)cc2)cc1. The van der Waals surface area contributed by atoms with Gasteiger partial charge in [-0.15, -0.1) is 11.3 Å². The minimum atomic E-state index is 1.11. The van der Waals surface area contributed by atoms with Gasteiger partial charge in [0.05, 0.1) is 5.69 Å². The Morgan fingerprint density at radius 2 is 0.778 bits per heavy atom. The number of nitrogens with zero attached hydrogens (tertiary/aromatic N) is 1. The molecule has 0 amide bonds. The van der Waals surface area contributed by atoms with Crippen molar-refractivity contribution in [3.8, 4) is 44.5 Å². The van der Waals surface area contributed by atoms with Crippen molar-refractivity contribution in [2.45, 2.75) is 0 Å². The fraction of sp³-hybridized carbons (Fsp3) is 0. The first-order valence-electron chi connectivity index (χ1n) is 18.4. The predicted molar refractivity (Wildman–Crippen MR) is 233 cm³/mol. The van der Waals surface area contributed by atoms with Crippen LogP contribution >= 0.6 is 11.3 Å². The van der Waals surface area contributed by atoms with E-state index in [2.05, 4.69) is 217 Å². The molecule has 254 valence electrons. The first-order chi connectivity index (χ1) is 26.8. The van der Waals surface area contributed by atoms with Crippen LogP contribution in [0.5, 0.6) is 0 Å². The number of fused-ring (bicyclic) bond motifs is 4. The van der Waals surface area contributed by atoms with E-state index in [-0.39, 0.29) is 0 Å². The van der Waals surface area contributed by atoms with Crippen LogP contribution in [0.2, 0.25) is 0 Å². The molecular formula is C52H35NS. The maximum absolute atomic E-state index is 2.41. The second kappa shape index (κ2) is 13.7. The first kappa shape index (κ1) is 32.0. The topological polar surface area (TPSA) is 3.24 Å². The Balaban J connectivity index is 1.09. The van der Waals surface area contributed by atoms with E-state index < -0.39 is 0 Å². The van der Waals surface area contributed by atoms with Crippen molar-refractivity contribution in [1.82, 2.24) is 0 Å². The fourth-order valence-corrected chi connectivity index (χ4v) is 9.07. The molecule has 0 unspecified atom stereocenters. The molecule has 54 heavy (non-hydrogen) atoms. The summed E-state index contributed by atoms with van der Waals surface area (Å²) in [5, 5.41) is 5.13. The Bertz CT molecular complexity index is 2900. The van der Waals surface area contributed by atoms with Gasteiger partial charge in [0.1, 0.15) is 0 Å².